The largest absolute Gasteiger partial charge is 0.491 e. The second-order valence-corrected chi connectivity index (χ2v) is 6.15. The van der Waals surface area contributed by atoms with Crippen molar-refractivity contribution in [3.05, 3.63) is 65.7 Å². The summed E-state index contributed by atoms with van der Waals surface area (Å²) in [5.41, 5.74) is 1.39. The van der Waals surface area contributed by atoms with Gasteiger partial charge in [0.1, 0.15) is 18.5 Å². The summed E-state index contributed by atoms with van der Waals surface area (Å²) in [5.74, 6) is 0.244. The zero-order chi connectivity index (χ0) is 19.6. The minimum atomic E-state index is -0.747. The van der Waals surface area contributed by atoms with E-state index in [1.807, 2.05) is 31.2 Å². The summed E-state index contributed by atoms with van der Waals surface area (Å²) < 4.78 is 5.58. The van der Waals surface area contributed by atoms with Gasteiger partial charge in [0.25, 0.3) is 5.91 Å². The SMILES string of the molecule is Cc1ccccc1OCC(O)CNC(C)NC(=O)NC(=O)c1ccccc1. The third kappa shape index (κ3) is 7.08. The van der Waals surface area contributed by atoms with Crippen molar-refractivity contribution in [3.63, 3.8) is 0 Å². The average Bonchev–Trinajstić information content (AvgIpc) is 2.66. The number of urea groups is 1. The molecule has 3 amide bonds. The Morgan fingerprint density at radius 1 is 1.07 bits per heavy atom. The van der Waals surface area contributed by atoms with Crippen LogP contribution >= 0.6 is 0 Å². The van der Waals surface area contributed by atoms with Crippen LogP contribution in [0.25, 0.3) is 0 Å². The molecule has 0 heterocycles. The van der Waals surface area contributed by atoms with Gasteiger partial charge in [0.2, 0.25) is 0 Å². The van der Waals surface area contributed by atoms with Gasteiger partial charge in [-0.1, -0.05) is 36.4 Å². The number of para-hydroxylation sites is 1. The molecule has 4 N–H and O–H groups in total. The number of rotatable bonds is 8. The van der Waals surface area contributed by atoms with E-state index in [1.54, 1.807) is 37.3 Å². The van der Waals surface area contributed by atoms with E-state index < -0.39 is 24.2 Å². The molecule has 2 unspecified atom stereocenters. The normalized spacial score (nSPS) is 12.7. The number of imide groups is 1. The molecule has 0 fully saturated rings. The Morgan fingerprint density at radius 3 is 2.44 bits per heavy atom. The van der Waals surface area contributed by atoms with Gasteiger partial charge in [0, 0.05) is 12.1 Å². The maximum Gasteiger partial charge on any atom is 0.322 e. The third-order valence-electron chi connectivity index (χ3n) is 3.80. The lowest BCUT2D eigenvalue weighted by Crippen LogP contribution is -2.51. The van der Waals surface area contributed by atoms with Crippen molar-refractivity contribution in [1.82, 2.24) is 16.0 Å². The van der Waals surface area contributed by atoms with E-state index in [9.17, 15) is 14.7 Å². The van der Waals surface area contributed by atoms with Crippen LogP contribution in [0, 0.1) is 6.92 Å². The van der Waals surface area contributed by atoms with Gasteiger partial charge in [-0.15, -0.1) is 0 Å². The molecular formula is C20H25N3O4. The minimum Gasteiger partial charge on any atom is -0.491 e. The van der Waals surface area contributed by atoms with Gasteiger partial charge >= 0.3 is 6.03 Å². The highest BCUT2D eigenvalue weighted by atomic mass is 16.5. The molecule has 0 radical (unpaired) electrons. The van der Waals surface area contributed by atoms with Crippen LogP contribution in [0.3, 0.4) is 0 Å². The standard InChI is InChI=1S/C20H25N3O4/c1-14-8-6-7-11-18(14)27-13-17(24)12-21-15(2)22-20(26)23-19(25)16-9-4-3-5-10-16/h3-11,15,17,21,24H,12-13H2,1-2H3,(H2,22,23,25,26). The fourth-order valence-electron chi connectivity index (χ4n) is 2.32. The van der Waals surface area contributed by atoms with Crippen LogP contribution in [0.5, 0.6) is 5.75 Å². The van der Waals surface area contributed by atoms with Gasteiger partial charge in [-0.05, 0) is 37.6 Å². The molecule has 0 spiro atoms. The molecular weight excluding hydrogens is 346 g/mol. The molecule has 0 aliphatic carbocycles. The number of amides is 3. The molecule has 7 heteroatoms. The van der Waals surface area contributed by atoms with Crippen LogP contribution in [0.15, 0.2) is 54.6 Å². The van der Waals surface area contributed by atoms with E-state index in [4.69, 9.17) is 4.74 Å². The van der Waals surface area contributed by atoms with Crippen LogP contribution in [0.2, 0.25) is 0 Å². The van der Waals surface area contributed by atoms with Crippen LogP contribution < -0.4 is 20.7 Å². The van der Waals surface area contributed by atoms with Crippen molar-refractivity contribution in [2.24, 2.45) is 0 Å². The van der Waals surface area contributed by atoms with E-state index in [0.717, 1.165) is 11.3 Å². The number of ether oxygens (including phenoxy) is 1. The number of hydrogen-bond acceptors (Lipinski definition) is 5. The Kier molecular flexibility index (Phi) is 7.79. The number of aliphatic hydroxyl groups is 1. The van der Waals surface area contributed by atoms with Gasteiger partial charge in [0.05, 0.1) is 6.17 Å². The Balaban J connectivity index is 1.67. The monoisotopic (exact) mass is 371 g/mol. The van der Waals surface area contributed by atoms with Crippen molar-refractivity contribution >= 4 is 11.9 Å². The van der Waals surface area contributed by atoms with E-state index >= 15 is 0 Å². The third-order valence-corrected chi connectivity index (χ3v) is 3.80. The molecule has 144 valence electrons. The number of carbonyl (C=O) groups is 2. The molecule has 2 aromatic carbocycles. The van der Waals surface area contributed by atoms with Gasteiger partial charge in [-0.2, -0.15) is 0 Å². The highest BCUT2D eigenvalue weighted by Gasteiger charge is 2.13. The smallest absolute Gasteiger partial charge is 0.322 e. The maximum atomic E-state index is 11.9. The molecule has 27 heavy (non-hydrogen) atoms. The fourth-order valence-corrected chi connectivity index (χ4v) is 2.32. The number of aryl methyl sites for hydroxylation is 1. The van der Waals surface area contributed by atoms with E-state index in [1.165, 1.54) is 0 Å². The number of benzene rings is 2. The molecule has 2 aromatic rings. The van der Waals surface area contributed by atoms with E-state index in [-0.39, 0.29) is 13.2 Å². The second-order valence-electron chi connectivity index (χ2n) is 6.15. The first-order valence-corrected chi connectivity index (χ1v) is 8.72. The number of aliphatic hydroxyl groups excluding tert-OH is 1. The van der Waals surface area contributed by atoms with Crippen molar-refractivity contribution in [2.45, 2.75) is 26.1 Å². The average molecular weight is 371 g/mol. The lowest BCUT2D eigenvalue weighted by molar-refractivity contribution is 0.0958. The zero-order valence-corrected chi connectivity index (χ0v) is 15.4. The molecule has 7 nitrogen and oxygen atoms in total. The molecule has 0 saturated heterocycles. The zero-order valence-electron chi connectivity index (χ0n) is 15.4. The molecule has 2 rings (SSSR count). The predicted molar refractivity (Wildman–Crippen MR) is 103 cm³/mol. The van der Waals surface area contributed by atoms with E-state index in [0.29, 0.717) is 5.56 Å². The molecule has 0 aromatic heterocycles. The van der Waals surface area contributed by atoms with Crippen molar-refractivity contribution < 1.29 is 19.4 Å². The van der Waals surface area contributed by atoms with Crippen LogP contribution in [-0.2, 0) is 0 Å². The van der Waals surface area contributed by atoms with Gasteiger partial charge < -0.3 is 15.2 Å². The van der Waals surface area contributed by atoms with Crippen LogP contribution in [0.1, 0.15) is 22.8 Å². The summed E-state index contributed by atoms with van der Waals surface area (Å²) in [5, 5.41) is 17.8. The molecule has 0 aliphatic heterocycles. The first kappa shape index (κ1) is 20.4. The summed E-state index contributed by atoms with van der Waals surface area (Å²) >= 11 is 0. The van der Waals surface area contributed by atoms with Crippen molar-refractivity contribution in [1.29, 1.82) is 0 Å². The second kappa shape index (κ2) is 10.3. The Hall–Kier alpha value is -2.90. The molecule has 0 saturated carbocycles. The lowest BCUT2D eigenvalue weighted by Gasteiger charge is -2.19. The Morgan fingerprint density at radius 2 is 1.74 bits per heavy atom. The van der Waals surface area contributed by atoms with Crippen molar-refractivity contribution in [3.8, 4) is 5.75 Å². The summed E-state index contributed by atoms with van der Waals surface area (Å²) in [4.78, 5) is 23.8. The van der Waals surface area contributed by atoms with Crippen molar-refractivity contribution in [2.75, 3.05) is 13.2 Å². The fraction of sp³-hybridized carbons (Fsp3) is 0.300. The van der Waals surface area contributed by atoms with Gasteiger partial charge in [0.15, 0.2) is 0 Å². The first-order chi connectivity index (χ1) is 13.0. The van der Waals surface area contributed by atoms with E-state index in [2.05, 4.69) is 16.0 Å². The van der Waals surface area contributed by atoms with Crippen LogP contribution in [0.4, 0.5) is 4.79 Å². The molecule has 0 bridgehead atoms. The summed E-state index contributed by atoms with van der Waals surface area (Å²) in [6, 6.07) is 15.4. The first-order valence-electron chi connectivity index (χ1n) is 8.72. The lowest BCUT2D eigenvalue weighted by atomic mass is 10.2. The maximum absolute atomic E-state index is 11.9. The predicted octanol–water partition coefficient (Wildman–Crippen LogP) is 1.81. The summed E-state index contributed by atoms with van der Waals surface area (Å²) in [6.45, 7) is 3.99. The summed E-state index contributed by atoms with van der Waals surface area (Å²) in [7, 11) is 0. The topological polar surface area (TPSA) is 99.7 Å². The highest BCUT2D eigenvalue weighted by molar-refractivity contribution is 6.04. The minimum absolute atomic E-state index is 0.128. The quantitative estimate of drug-likeness (QED) is 0.531. The highest BCUT2D eigenvalue weighted by Crippen LogP contribution is 2.16. The number of hydrogen-bond donors (Lipinski definition) is 4. The molecule has 2 atom stereocenters. The Labute approximate surface area is 158 Å². The summed E-state index contributed by atoms with van der Waals surface area (Å²) in [6.07, 6.45) is -1.19. The molecule has 0 aliphatic rings. The number of carbonyl (C=O) groups excluding carboxylic acids is 2. The number of nitrogens with one attached hydrogen (secondary N) is 3. The van der Waals surface area contributed by atoms with Gasteiger partial charge in [-0.3, -0.25) is 15.4 Å². The Bertz CT molecular complexity index is 752. The van der Waals surface area contributed by atoms with Crippen LogP contribution in [-0.4, -0.2) is 42.5 Å². The van der Waals surface area contributed by atoms with Gasteiger partial charge in [-0.25, -0.2) is 4.79 Å².